The highest BCUT2D eigenvalue weighted by Crippen LogP contribution is 2.46. The van der Waals surface area contributed by atoms with Crippen LogP contribution in [-0.4, -0.2) is 59.5 Å². The lowest BCUT2D eigenvalue weighted by atomic mass is 9.90. The maximum absolute atomic E-state index is 13.8. The molecule has 1 saturated heterocycles. The summed E-state index contributed by atoms with van der Waals surface area (Å²) in [6.07, 6.45) is 0.753. The SMILES string of the molecule is O=C1C2CC2C(c2ccc(OC3CCN(C4CCC4)CC3)cc2)=NN1C(F)C(F)F. The summed E-state index contributed by atoms with van der Waals surface area (Å²) in [5.74, 6) is -0.439. The van der Waals surface area contributed by atoms with Gasteiger partial charge in [-0.05, 0) is 61.9 Å². The number of benzene rings is 1. The quantitative estimate of drug-likeness (QED) is 0.656. The Morgan fingerprint density at radius 3 is 2.30 bits per heavy atom. The van der Waals surface area contributed by atoms with E-state index in [1.165, 1.54) is 19.3 Å². The highest BCUT2D eigenvalue weighted by molar-refractivity contribution is 6.09. The number of carbonyl (C=O) groups excluding carboxylic acids is 1. The zero-order valence-corrected chi connectivity index (χ0v) is 16.7. The summed E-state index contributed by atoms with van der Waals surface area (Å²) in [6, 6.07) is 8.09. The van der Waals surface area contributed by atoms with Crippen LogP contribution in [0.1, 0.15) is 44.1 Å². The number of halogens is 3. The van der Waals surface area contributed by atoms with Gasteiger partial charge in [0.05, 0.1) is 5.71 Å². The van der Waals surface area contributed by atoms with Crippen molar-refractivity contribution in [3.05, 3.63) is 29.8 Å². The van der Waals surface area contributed by atoms with E-state index in [-0.39, 0.29) is 12.0 Å². The van der Waals surface area contributed by atoms with Crippen LogP contribution >= 0.6 is 0 Å². The van der Waals surface area contributed by atoms with E-state index < -0.39 is 24.5 Å². The van der Waals surface area contributed by atoms with Gasteiger partial charge in [-0.3, -0.25) is 4.79 Å². The minimum Gasteiger partial charge on any atom is -0.490 e. The van der Waals surface area contributed by atoms with Gasteiger partial charge < -0.3 is 9.64 Å². The highest BCUT2D eigenvalue weighted by Gasteiger charge is 2.54. The van der Waals surface area contributed by atoms with Crippen molar-refractivity contribution in [1.82, 2.24) is 9.91 Å². The molecular formula is C22H26F3N3O2. The number of hydrazone groups is 1. The molecule has 0 radical (unpaired) electrons. The van der Waals surface area contributed by atoms with Crippen molar-refractivity contribution >= 4 is 11.6 Å². The molecule has 0 N–H and O–H groups in total. The van der Waals surface area contributed by atoms with Crippen LogP contribution in [0.25, 0.3) is 0 Å². The van der Waals surface area contributed by atoms with Crippen molar-refractivity contribution in [2.24, 2.45) is 16.9 Å². The van der Waals surface area contributed by atoms with E-state index in [9.17, 15) is 18.0 Å². The molecule has 1 aromatic carbocycles. The molecule has 5 nitrogen and oxygen atoms in total. The van der Waals surface area contributed by atoms with Gasteiger partial charge in [-0.25, -0.2) is 13.2 Å². The maximum atomic E-state index is 13.8. The number of alkyl halides is 3. The predicted octanol–water partition coefficient (Wildman–Crippen LogP) is 3.83. The standard InChI is InChI=1S/C22H26F3N3O2/c23-20(24)21(25)28-22(29)18-12-17(18)19(26-28)13-4-6-15(7-5-13)30-16-8-10-27(11-9-16)14-2-1-3-14/h4-7,14,16-18,20-21H,1-3,8-12H2. The van der Waals surface area contributed by atoms with E-state index in [1.54, 1.807) is 0 Å². The Hall–Kier alpha value is -2.09. The van der Waals surface area contributed by atoms with Gasteiger partial charge >= 0.3 is 0 Å². The zero-order valence-electron chi connectivity index (χ0n) is 16.7. The van der Waals surface area contributed by atoms with Gasteiger partial charge in [-0.1, -0.05) is 6.42 Å². The average Bonchev–Trinajstić information content (AvgIpc) is 3.50. The number of hydrogen-bond donors (Lipinski definition) is 0. The Balaban J connectivity index is 1.23. The molecule has 2 aliphatic heterocycles. The Morgan fingerprint density at radius 1 is 1.00 bits per heavy atom. The smallest absolute Gasteiger partial charge is 0.289 e. The van der Waals surface area contributed by atoms with Crippen LogP contribution in [0.15, 0.2) is 29.4 Å². The van der Waals surface area contributed by atoms with Crippen LogP contribution in [0.2, 0.25) is 0 Å². The molecule has 4 aliphatic rings. The van der Waals surface area contributed by atoms with Gasteiger partial charge in [-0.15, -0.1) is 0 Å². The van der Waals surface area contributed by atoms with Gasteiger partial charge in [0, 0.05) is 31.0 Å². The van der Waals surface area contributed by atoms with E-state index in [0.29, 0.717) is 22.7 Å². The predicted molar refractivity (Wildman–Crippen MR) is 105 cm³/mol. The van der Waals surface area contributed by atoms with Crippen LogP contribution in [0.4, 0.5) is 13.2 Å². The topological polar surface area (TPSA) is 45.1 Å². The number of ether oxygens (including phenoxy) is 1. The molecule has 0 spiro atoms. The minimum atomic E-state index is -3.28. The fraction of sp³-hybridized carbons (Fsp3) is 0.636. The molecule has 8 heteroatoms. The summed E-state index contributed by atoms with van der Waals surface area (Å²) in [5.41, 5.74) is 1.22. The number of carbonyl (C=O) groups is 1. The Labute approximate surface area is 173 Å². The summed E-state index contributed by atoms with van der Waals surface area (Å²) in [4.78, 5) is 14.6. The molecule has 2 aliphatic carbocycles. The summed E-state index contributed by atoms with van der Waals surface area (Å²) in [7, 11) is 0. The molecule has 0 aromatic heterocycles. The van der Waals surface area contributed by atoms with Crippen LogP contribution < -0.4 is 4.74 Å². The zero-order chi connectivity index (χ0) is 20.8. The normalized spacial score (nSPS) is 28.7. The molecule has 1 aromatic rings. The second-order valence-electron chi connectivity index (χ2n) is 8.79. The largest absolute Gasteiger partial charge is 0.490 e. The average molecular weight is 421 g/mol. The third-order valence-corrected chi connectivity index (χ3v) is 6.86. The van der Waals surface area contributed by atoms with Crippen molar-refractivity contribution in [1.29, 1.82) is 0 Å². The second-order valence-corrected chi connectivity index (χ2v) is 8.79. The maximum Gasteiger partial charge on any atom is 0.289 e. The number of piperidine rings is 1. The Morgan fingerprint density at radius 2 is 1.70 bits per heavy atom. The first kappa shape index (κ1) is 19.8. The van der Waals surface area contributed by atoms with Gasteiger partial charge in [-0.2, -0.15) is 10.1 Å². The van der Waals surface area contributed by atoms with E-state index in [2.05, 4.69) is 10.0 Å². The molecule has 0 bridgehead atoms. The number of hydrogen-bond acceptors (Lipinski definition) is 4. The number of nitrogens with zero attached hydrogens (tertiary/aromatic N) is 3. The fourth-order valence-electron chi connectivity index (χ4n) is 4.74. The van der Waals surface area contributed by atoms with Crippen LogP contribution in [-0.2, 0) is 4.79 Å². The Bertz CT molecular complexity index is 819. The van der Waals surface area contributed by atoms with Crippen molar-refractivity contribution in [2.75, 3.05) is 13.1 Å². The molecule has 162 valence electrons. The Kier molecular flexibility index (Phi) is 5.21. The molecule has 2 saturated carbocycles. The van der Waals surface area contributed by atoms with Gasteiger partial charge in [0.1, 0.15) is 11.9 Å². The number of rotatable bonds is 6. The first-order valence-corrected chi connectivity index (χ1v) is 10.9. The van der Waals surface area contributed by atoms with Gasteiger partial charge in [0.25, 0.3) is 12.7 Å². The van der Waals surface area contributed by atoms with Crippen molar-refractivity contribution in [3.63, 3.8) is 0 Å². The van der Waals surface area contributed by atoms with Crippen LogP contribution in [0.5, 0.6) is 5.75 Å². The third kappa shape index (κ3) is 3.70. The van der Waals surface area contributed by atoms with Crippen molar-refractivity contribution in [3.8, 4) is 5.75 Å². The lowest BCUT2D eigenvalue weighted by molar-refractivity contribution is -0.147. The van der Waals surface area contributed by atoms with E-state index in [0.717, 1.165) is 37.7 Å². The third-order valence-electron chi connectivity index (χ3n) is 6.86. The molecule has 5 rings (SSSR count). The molecule has 2 heterocycles. The molecular weight excluding hydrogens is 395 g/mol. The van der Waals surface area contributed by atoms with Gasteiger partial charge in [0.2, 0.25) is 5.91 Å². The highest BCUT2D eigenvalue weighted by atomic mass is 19.3. The first-order chi connectivity index (χ1) is 14.5. The van der Waals surface area contributed by atoms with Crippen molar-refractivity contribution < 1.29 is 22.7 Å². The number of fused-ring (bicyclic) bond motifs is 1. The van der Waals surface area contributed by atoms with Crippen molar-refractivity contribution in [2.45, 2.75) is 63.4 Å². The monoisotopic (exact) mass is 421 g/mol. The number of amides is 1. The van der Waals surface area contributed by atoms with Crippen LogP contribution in [0, 0.1) is 11.8 Å². The summed E-state index contributed by atoms with van der Waals surface area (Å²) < 4.78 is 45.5. The second kappa shape index (κ2) is 7.87. The molecule has 1 amide bonds. The lowest BCUT2D eigenvalue weighted by Crippen LogP contribution is -2.46. The molecule has 3 unspecified atom stereocenters. The fourth-order valence-corrected chi connectivity index (χ4v) is 4.74. The number of likely N-dealkylation sites (tertiary alicyclic amines) is 1. The minimum absolute atomic E-state index is 0.110. The lowest BCUT2D eigenvalue weighted by Gasteiger charge is -2.41. The van der Waals surface area contributed by atoms with E-state index in [1.807, 2.05) is 24.3 Å². The molecule has 3 atom stereocenters. The molecule has 3 fully saturated rings. The summed E-state index contributed by atoms with van der Waals surface area (Å²) >= 11 is 0. The first-order valence-electron chi connectivity index (χ1n) is 10.9. The van der Waals surface area contributed by atoms with E-state index >= 15 is 0 Å². The molecule has 30 heavy (non-hydrogen) atoms. The van der Waals surface area contributed by atoms with Crippen LogP contribution in [0.3, 0.4) is 0 Å². The summed E-state index contributed by atoms with van der Waals surface area (Å²) in [5, 5.41) is 4.29. The van der Waals surface area contributed by atoms with Gasteiger partial charge in [0.15, 0.2) is 0 Å². The van der Waals surface area contributed by atoms with E-state index in [4.69, 9.17) is 4.74 Å². The summed E-state index contributed by atoms with van der Waals surface area (Å²) in [6.45, 7) is 2.15.